The van der Waals surface area contributed by atoms with E-state index in [2.05, 4.69) is 5.32 Å². The highest BCUT2D eigenvalue weighted by molar-refractivity contribution is 8.18. The zero-order chi connectivity index (χ0) is 21.1. The first-order chi connectivity index (χ1) is 13.7. The van der Waals surface area contributed by atoms with Crippen LogP contribution in [-0.2, 0) is 9.59 Å². The topological polar surface area (TPSA) is 110 Å². The predicted octanol–water partition coefficient (Wildman–Crippen LogP) is 4.58. The number of benzene rings is 2. The average molecular weight is 452 g/mol. The lowest BCUT2D eigenvalue weighted by Crippen LogP contribution is -2.36. The van der Waals surface area contributed by atoms with Crippen LogP contribution in [-0.4, -0.2) is 33.4 Å². The minimum atomic E-state index is -0.663. The molecule has 0 spiro atoms. The van der Waals surface area contributed by atoms with Crippen molar-refractivity contribution in [3.63, 3.8) is 0 Å². The lowest BCUT2D eigenvalue weighted by Gasteiger charge is -2.12. The van der Waals surface area contributed by atoms with Gasteiger partial charge in [-0.05, 0) is 53.7 Å². The Balaban J connectivity index is 1.73. The van der Waals surface area contributed by atoms with Gasteiger partial charge in [-0.3, -0.25) is 29.4 Å². The Labute approximate surface area is 178 Å². The number of carbonyl (C=O) groups is 3. The van der Waals surface area contributed by atoms with Crippen LogP contribution in [0.3, 0.4) is 0 Å². The highest BCUT2D eigenvalue weighted by atomic mass is 35.5. The second-order valence-corrected chi connectivity index (χ2v) is 7.63. The number of imide groups is 1. The number of hydrogen-bond acceptors (Lipinski definition) is 6. The van der Waals surface area contributed by atoms with Crippen molar-refractivity contribution in [1.82, 2.24) is 4.90 Å². The van der Waals surface area contributed by atoms with E-state index in [4.69, 9.17) is 23.2 Å². The molecule has 1 aliphatic rings. The zero-order valence-electron chi connectivity index (χ0n) is 14.4. The molecule has 0 radical (unpaired) electrons. The van der Waals surface area contributed by atoms with Crippen molar-refractivity contribution in [2.75, 3.05) is 11.9 Å². The summed E-state index contributed by atoms with van der Waals surface area (Å²) in [6.07, 6.45) is 1.34. The normalized spacial score (nSPS) is 15.1. The molecule has 0 unspecified atom stereocenters. The molecule has 0 saturated carbocycles. The fourth-order valence-corrected chi connectivity index (χ4v) is 3.58. The van der Waals surface area contributed by atoms with E-state index in [1.165, 1.54) is 24.3 Å². The molecule has 1 saturated heterocycles. The van der Waals surface area contributed by atoms with E-state index in [-0.39, 0.29) is 15.6 Å². The van der Waals surface area contributed by atoms with Crippen LogP contribution in [0.4, 0.5) is 16.2 Å². The molecule has 0 atom stereocenters. The second kappa shape index (κ2) is 8.64. The van der Waals surface area contributed by atoms with Crippen molar-refractivity contribution in [2.24, 2.45) is 0 Å². The first-order valence-electron chi connectivity index (χ1n) is 7.99. The summed E-state index contributed by atoms with van der Waals surface area (Å²) in [5.74, 6) is -1.22. The van der Waals surface area contributed by atoms with E-state index in [9.17, 15) is 24.5 Å². The fraction of sp³-hybridized carbons (Fsp3) is 0.0556. The van der Waals surface area contributed by atoms with Crippen molar-refractivity contribution in [3.8, 4) is 0 Å². The van der Waals surface area contributed by atoms with Crippen molar-refractivity contribution in [1.29, 1.82) is 0 Å². The number of hydrogen-bond donors (Lipinski definition) is 1. The number of rotatable bonds is 5. The number of anilines is 1. The van der Waals surface area contributed by atoms with Crippen molar-refractivity contribution < 1.29 is 19.3 Å². The molecular formula is C18H11Cl2N3O5S. The van der Waals surface area contributed by atoms with Gasteiger partial charge in [0, 0.05) is 16.8 Å². The number of amides is 3. The van der Waals surface area contributed by atoms with Crippen LogP contribution in [0.25, 0.3) is 6.08 Å². The number of nitro groups is 1. The molecule has 0 aromatic heterocycles. The molecule has 11 heteroatoms. The number of nitro benzene ring substituents is 1. The minimum absolute atomic E-state index is 0.0425. The third-order valence-electron chi connectivity index (χ3n) is 3.77. The molecule has 1 heterocycles. The monoisotopic (exact) mass is 451 g/mol. The van der Waals surface area contributed by atoms with Gasteiger partial charge in [-0.1, -0.05) is 29.3 Å². The Hall–Kier alpha value is -2.88. The number of halogens is 2. The van der Waals surface area contributed by atoms with Crippen molar-refractivity contribution in [2.45, 2.75) is 0 Å². The molecular weight excluding hydrogens is 441 g/mol. The zero-order valence-corrected chi connectivity index (χ0v) is 16.8. The lowest BCUT2D eigenvalue weighted by atomic mass is 10.2. The molecule has 2 aromatic carbocycles. The summed E-state index contributed by atoms with van der Waals surface area (Å²) in [5.41, 5.74) is 0.481. The molecule has 2 aromatic rings. The van der Waals surface area contributed by atoms with Crippen LogP contribution in [0.5, 0.6) is 0 Å². The maximum Gasteiger partial charge on any atom is 0.294 e. The molecule has 3 rings (SSSR count). The summed E-state index contributed by atoms with van der Waals surface area (Å²) in [6, 6.07) is 10.4. The van der Waals surface area contributed by atoms with Gasteiger partial charge in [0.25, 0.3) is 16.8 Å². The third-order valence-corrected chi connectivity index (χ3v) is 5.25. The van der Waals surface area contributed by atoms with E-state index in [1.54, 1.807) is 24.3 Å². The first kappa shape index (κ1) is 20.8. The van der Waals surface area contributed by atoms with Gasteiger partial charge < -0.3 is 5.32 Å². The van der Waals surface area contributed by atoms with E-state index in [0.29, 0.717) is 28.0 Å². The summed E-state index contributed by atoms with van der Waals surface area (Å²) in [4.78, 5) is 48.0. The fourth-order valence-electron chi connectivity index (χ4n) is 2.42. The summed E-state index contributed by atoms with van der Waals surface area (Å²) in [5, 5.41) is 13.4. The largest absolute Gasteiger partial charge is 0.325 e. The predicted molar refractivity (Wildman–Crippen MR) is 111 cm³/mol. The molecule has 1 N–H and O–H groups in total. The third kappa shape index (κ3) is 4.94. The Kier molecular flexibility index (Phi) is 6.21. The second-order valence-electron chi connectivity index (χ2n) is 5.79. The van der Waals surface area contributed by atoms with Crippen LogP contribution in [0, 0.1) is 10.1 Å². The van der Waals surface area contributed by atoms with Gasteiger partial charge in [-0.15, -0.1) is 0 Å². The van der Waals surface area contributed by atoms with Crippen LogP contribution in [0.1, 0.15) is 5.56 Å². The van der Waals surface area contributed by atoms with Gasteiger partial charge in [0.05, 0.1) is 9.83 Å². The quantitative estimate of drug-likeness (QED) is 0.404. The van der Waals surface area contributed by atoms with E-state index in [0.717, 1.165) is 4.90 Å². The maximum atomic E-state index is 12.5. The lowest BCUT2D eigenvalue weighted by molar-refractivity contribution is -0.384. The molecule has 29 heavy (non-hydrogen) atoms. The van der Waals surface area contributed by atoms with Gasteiger partial charge in [-0.25, -0.2) is 0 Å². The molecule has 0 aliphatic carbocycles. The van der Waals surface area contributed by atoms with Crippen molar-refractivity contribution in [3.05, 3.63) is 73.1 Å². The number of nitrogens with zero attached hydrogens (tertiary/aromatic N) is 2. The number of carbonyl (C=O) groups excluding carboxylic acids is 3. The Bertz CT molecular complexity index is 1060. The number of thioether (sulfide) groups is 1. The van der Waals surface area contributed by atoms with Gasteiger partial charge in [0.2, 0.25) is 5.91 Å². The Morgan fingerprint density at radius 2 is 1.86 bits per heavy atom. The Morgan fingerprint density at radius 3 is 2.52 bits per heavy atom. The molecule has 1 fully saturated rings. The van der Waals surface area contributed by atoms with Gasteiger partial charge >= 0.3 is 0 Å². The van der Waals surface area contributed by atoms with E-state index < -0.39 is 28.5 Å². The highest BCUT2D eigenvalue weighted by Gasteiger charge is 2.36. The van der Waals surface area contributed by atoms with Crippen molar-refractivity contribution >= 4 is 69.5 Å². The standard InChI is InChI=1S/C18H11Cl2N3O5S/c19-11-2-4-12(5-3-11)21-16(24)9-22-17(25)15(29-18(22)26)8-10-1-6-13(20)14(7-10)23(27)28/h1-8H,9H2,(H,21,24)/b15-8-. The highest BCUT2D eigenvalue weighted by Crippen LogP contribution is 2.33. The molecule has 3 amide bonds. The van der Waals surface area contributed by atoms with Gasteiger partial charge in [0.1, 0.15) is 11.6 Å². The maximum absolute atomic E-state index is 12.5. The van der Waals surface area contributed by atoms with Gasteiger partial charge in [0.15, 0.2) is 0 Å². The SMILES string of the molecule is O=C(CN1C(=O)S/C(=C\c2ccc(Cl)c([N+](=O)[O-])c2)C1=O)Nc1ccc(Cl)cc1. The summed E-state index contributed by atoms with van der Waals surface area (Å²) in [6.45, 7) is -0.467. The average Bonchev–Trinajstić information content (AvgIpc) is 2.92. The number of nitrogens with one attached hydrogen (secondary N) is 1. The van der Waals surface area contributed by atoms with Crippen LogP contribution in [0.2, 0.25) is 10.0 Å². The summed E-state index contributed by atoms with van der Waals surface area (Å²) < 4.78 is 0. The first-order valence-corrected chi connectivity index (χ1v) is 9.56. The smallest absolute Gasteiger partial charge is 0.294 e. The minimum Gasteiger partial charge on any atom is -0.325 e. The van der Waals surface area contributed by atoms with Crippen LogP contribution in [0.15, 0.2) is 47.4 Å². The van der Waals surface area contributed by atoms with E-state index in [1.807, 2.05) is 0 Å². The summed E-state index contributed by atoms with van der Waals surface area (Å²) >= 11 is 12.2. The molecule has 148 valence electrons. The molecule has 8 nitrogen and oxygen atoms in total. The van der Waals surface area contributed by atoms with Crippen LogP contribution >= 0.6 is 35.0 Å². The molecule has 1 aliphatic heterocycles. The van der Waals surface area contributed by atoms with E-state index >= 15 is 0 Å². The summed E-state index contributed by atoms with van der Waals surface area (Å²) in [7, 11) is 0. The van der Waals surface area contributed by atoms with Gasteiger partial charge in [-0.2, -0.15) is 0 Å². The van der Waals surface area contributed by atoms with Crippen LogP contribution < -0.4 is 5.32 Å². The Morgan fingerprint density at radius 1 is 1.17 bits per heavy atom. The molecule has 0 bridgehead atoms.